The second-order valence-electron chi connectivity index (χ2n) is 6.95. The number of pyridine rings is 1. The Kier molecular flexibility index (Phi) is 7.51. The minimum absolute atomic E-state index is 0.0698. The number of phenols is 1. The number of benzene rings is 2. The van der Waals surface area contributed by atoms with E-state index in [9.17, 15) is 9.90 Å². The zero-order chi connectivity index (χ0) is 23.8. The third-order valence-corrected chi connectivity index (χ3v) is 5.55. The Morgan fingerprint density at radius 1 is 1.15 bits per heavy atom. The number of nitrogens with zero attached hydrogens (tertiary/aromatic N) is 5. The van der Waals surface area contributed by atoms with E-state index in [1.54, 1.807) is 36.7 Å². The number of rotatable bonds is 9. The molecule has 4 aromatic rings. The fourth-order valence-electron chi connectivity index (χ4n) is 3.07. The Morgan fingerprint density at radius 3 is 2.71 bits per heavy atom. The summed E-state index contributed by atoms with van der Waals surface area (Å²) in [7, 11) is 0. The van der Waals surface area contributed by atoms with E-state index in [0.29, 0.717) is 23.2 Å². The summed E-state index contributed by atoms with van der Waals surface area (Å²) in [5.41, 5.74) is 4.59. The predicted molar refractivity (Wildman–Crippen MR) is 130 cm³/mol. The molecule has 0 spiro atoms. The third kappa shape index (κ3) is 5.59. The lowest BCUT2D eigenvalue weighted by molar-refractivity contribution is -0.118. The van der Waals surface area contributed by atoms with Gasteiger partial charge in [0, 0.05) is 29.2 Å². The van der Waals surface area contributed by atoms with Gasteiger partial charge in [0.25, 0.3) is 5.91 Å². The number of thioether (sulfide) groups is 1. The molecule has 0 aliphatic carbocycles. The van der Waals surface area contributed by atoms with Gasteiger partial charge in [0.1, 0.15) is 11.5 Å². The van der Waals surface area contributed by atoms with Crippen LogP contribution in [0.2, 0.25) is 0 Å². The van der Waals surface area contributed by atoms with Crippen LogP contribution < -0.4 is 10.2 Å². The Labute approximate surface area is 200 Å². The molecule has 0 atom stereocenters. The highest BCUT2D eigenvalue weighted by Crippen LogP contribution is 2.28. The van der Waals surface area contributed by atoms with Gasteiger partial charge in [-0.15, -0.1) is 10.2 Å². The summed E-state index contributed by atoms with van der Waals surface area (Å²) in [5.74, 6) is 1.21. The molecule has 2 aromatic heterocycles. The number of carbonyl (C=O) groups is 1. The number of hydrogen-bond acceptors (Lipinski definition) is 8. The number of amides is 1. The van der Waals surface area contributed by atoms with Crippen LogP contribution in [0.5, 0.6) is 11.5 Å². The molecule has 2 heterocycles. The molecular weight excluding hydrogens is 452 g/mol. The van der Waals surface area contributed by atoms with E-state index in [2.05, 4.69) is 25.7 Å². The smallest absolute Gasteiger partial charge is 0.250 e. The van der Waals surface area contributed by atoms with Gasteiger partial charge in [-0.25, -0.2) is 5.43 Å². The van der Waals surface area contributed by atoms with Crippen LogP contribution in [0.25, 0.3) is 17.1 Å². The second kappa shape index (κ2) is 11.1. The molecule has 0 aliphatic rings. The number of hydrogen-bond donors (Lipinski definition) is 2. The van der Waals surface area contributed by atoms with Gasteiger partial charge in [0.2, 0.25) is 0 Å². The predicted octanol–water partition coefficient (Wildman–Crippen LogP) is 3.68. The molecule has 4 rings (SSSR count). The van der Waals surface area contributed by atoms with Crippen molar-refractivity contribution in [2.45, 2.75) is 12.1 Å². The van der Waals surface area contributed by atoms with Crippen molar-refractivity contribution in [2.24, 2.45) is 5.10 Å². The zero-order valence-corrected chi connectivity index (χ0v) is 19.1. The molecular formula is C24H22N6O3S. The fourth-order valence-corrected chi connectivity index (χ4v) is 3.81. The summed E-state index contributed by atoms with van der Waals surface area (Å²) in [5, 5.41) is 22.9. The lowest BCUT2D eigenvalue weighted by atomic mass is 10.2. The van der Waals surface area contributed by atoms with Crippen LogP contribution >= 0.6 is 11.8 Å². The molecule has 10 heteroatoms. The Morgan fingerprint density at radius 2 is 1.97 bits per heavy atom. The van der Waals surface area contributed by atoms with Gasteiger partial charge >= 0.3 is 0 Å². The SMILES string of the molecule is CCOc1ccc(-n2c(SCC(=O)NN=Cc3ccccc3O)nnc2-c2cccnc2)cc1. The molecule has 2 N–H and O–H groups in total. The maximum Gasteiger partial charge on any atom is 0.250 e. The van der Waals surface area contributed by atoms with Crippen molar-refractivity contribution >= 4 is 23.9 Å². The lowest BCUT2D eigenvalue weighted by Crippen LogP contribution is -2.20. The Bertz CT molecular complexity index is 1280. The van der Waals surface area contributed by atoms with Gasteiger partial charge in [-0.3, -0.25) is 14.3 Å². The van der Waals surface area contributed by atoms with Crippen LogP contribution in [-0.4, -0.2) is 49.3 Å². The summed E-state index contributed by atoms with van der Waals surface area (Å²) in [6.07, 6.45) is 4.79. The van der Waals surface area contributed by atoms with Crippen molar-refractivity contribution in [1.82, 2.24) is 25.2 Å². The highest BCUT2D eigenvalue weighted by Gasteiger charge is 2.17. The van der Waals surface area contributed by atoms with Crippen LogP contribution in [0.3, 0.4) is 0 Å². The molecule has 2 aromatic carbocycles. The maximum atomic E-state index is 12.3. The Hall–Kier alpha value is -4.18. The number of aromatic nitrogens is 4. The summed E-state index contributed by atoms with van der Waals surface area (Å²) in [4.78, 5) is 16.5. The standard InChI is InChI=1S/C24H22N6O3S/c1-2-33-20-11-9-19(10-12-20)30-23(18-7-5-13-25-14-18)28-29-24(30)34-16-22(32)27-26-15-17-6-3-4-8-21(17)31/h3-15,31H,2,16H2,1H3,(H,27,32). The molecule has 34 heavy (non-hydrogen) atoms. The molecule has 0 fully saturated rings. The van der Waals surface area contributed by atoms with Crippen LogP contribution in [0.4, 0.5) is 0 Å². The third-order valence-electron chi connectivity index (χ3n) is 4.62. The van der Waals surface area contributed by atoms with E-state index in [-0.39, 0.29) is 17.4 Å². The van der Waals surface area contributed by atoms with Crippen LogP contribution in [-0.2, 0) is 4.79 Å². The minimum Gasteiger partial charge on any atom is -0.507 e. The number of hydrazone groups is 1. The first-order chi connectivity index (χ1) is 16.7. The highest BCUT2D eigenvalue weighted by molar-refractivity contribution is 7.99. The Balaban J connectivity index is 1.51. The second-order valence-corrected chi connectivity index (χ2v) is 7.89. The van der Waals surface area contributed by atoms with E-state index in [0.717, 1.165) is 17.0 Å². The van der Waals surface area contributed by atoms with Crippen molar-refractivity contribution in [2.75, 3.05) is 12.4 Å². The number of carbonyl (C=O) groups excluding carboxylic acids is 1. The lowest BCUT2D eigenvalue weighted by Gasteiger charge is -2.11. The summed E-state index contributed by atoms with van der Waals surface area (Å²) in [6.45, 7) is 2.51. The van der Waals surface area contributed by atoms with Crippen LogP contribution in [0.1, 0.15) is 12.5 Å². The molecule has 0 saturated heterocycles. The van der Waals surface area contributed by atoms with Crippen molar-refractivity contribution < 1.29 is 14.6 Å². The molecule has 0 saturated carbocycles. The van der Waals surface area contributed by atoms with Crippen LogP contribution in [0, 0.1) is 0 Å². The van der Waals surface area contributed by atoms with E-state index in [1.807, 2.05) is 47.9 Å². The molecule has 0 unspecified atom stereocenters. The fraction of sp³-hybridized carbons (Fsp3) is 0.125. The van der Waals surface area contributed by atoms with E-state index in [1.165, 1.54) is 18.0 Å². The zero-order valence-electron chi connectivity index (χ0n) is 18.3. The van der Waals surface area contributed by atoms with Crippen LogP contribution in [0.15, 0.2) is 83.3 Å². The van der Waals surface area contributed by atoms with Crippen molar-refractivity contribution in [3.63, 3.8) is 0 Å². The largest absolute Gasteiger partial charge is 0.507 e. The van der Waals surface area contributed by atoms with Crippen molar-refractivity contribution in [1.29, 1.82) is 0 Å². The summed E-state index contributed by atoms with van der Waals surface area (Å²) < 4.78 is 7.41. The monoisotopic (exact) mass is 474 g/mol. The number of phenolic OH excluding ortho intramolecular Hbond substituents is 1. The first-order valence-corrected chi connectivity index (χ1v) is 11.5. The normalized spacial score (nSPS) is 11.0. The van der Waals surface area contributed by atoms with Gasteiger partial charge in [0.15, 0.2) is 11.0 Å². The van der Waals surface area contributed by atoms with Crippen molar-refractivity contribution in [3.8, 4) is 28.6 Å². The molecule has 0 aliphatic heterocycles. The van der Waals surface area contributed by atoms with Gasteiger partial charge in [-0.2, -0.15) is 5.10 Å². The van der Waals surface area contributed by atoms with Gasteiger partial charge < -0.3 is 9.84 Å². The number of nitrogens with one attached hydrogen (secondary N) is 1. The number of para-hydroxylation sites is 1. The molecule has 1 amide bonds. The summed E-state index contributed by atoms with van der Waals surface area (Å²) >= 11 is 1.23. The number of aromatic hydroxyl groups is 1. The molecule has 9 nitrogen and oxygen atoms in total. The van der Waals surface area contributed by atoms with Gasteiger partial charge in [-0.05, 0) is 55.5 Å². The van der Waals surface area contributed by atoms with Gasteiger partial charge in [0.05, 0.1) is 18.6 Å². The highest BCUT2D eigenvalue weighted by atomic mass is 32.2. The first kappa shape index (κ1) is 23.0. The van der Waals surface area contributed by atoms with Gasteiger partial charge in [-0.1, -0.05) is 23.9 Å². The van der Waals surface area contributed by atoms with E-state index >= 15 is 0 Å². The molecule has 0 bridgehead atoms. The number of ether oxygens (including phenoxy) is 1. The average molecular weight is 475 g/mol. The van der Waals surface area contributed by atoms with E-state index < -0.39 is 0 Å². The summed E-state index contributed by atoms with van der Waals surface area (Å²) in [6, 6.07) is 18.0. The molecule has 0 radical (unpaired) electrons. The van der Waals surface area contributed by atoms with Crippen molar-refractivity contribution in [3.05, 3.63) is 78.6 Å². The molecule has 172 valence electrons. The maximum absolute atomic E-state index is 12.3. The average Bonchev–Trinajstić information content (AvgIpc) is 3.29. The quantitative estimate of drug-likeness (QED) is 0.216. The first-order valence-electron chi connectivity index (χ1n) is 10.5. The topological polar surface area (TPSA) is 115 Å². The minimum atomic E-state index is -0.319. The van der Waals surface area contributed by atoms with E-state index in [4.69, 9.17) is 4.74 Å².